The molecule has 0 atom stereocenters. The van der Waals surface area contributed by atoms with E-state index in [1.54, 1.807) is 36.7 Å². The summed E-state index contributed by atoms with van der Waals surface area (Å²) >= 11 is 0. The fourth-order valence-corrected chi connectivity index (χ4v) is 7.97. The van der Waals surface area contributed by atoms with Crippen LogP contribution in [0, 0.1) is 5.82 Å². The van der Waals surface area contributed by atoms with Crippen molar-refractivity contribution < 1.29 is 21.2 Å². The Labute approximate surface area is 252 Å². The van der Waals surface area contributed by atoms with Crippen molar-refractivity contribution in [3.05, 3.63) is 114 Å². The zero-order valence-electron chi connectivity index (χ0n) is 23.8. The van der Waals surface area contributed by atoms with Gasteiger partial charge in [0, 0.05) is 49.4 Å². The number of rotatable bonds is 8. The maximum absolute atomic E-state index is 14.3. The van der Waals surface area contributed by atoms with Crippen LogP contribution in [0.5, 0.6) is 0 Å². The highest BCUT2D eigenvalue weighted by molar-refractivity contribution is 7.92. The summed E-state index contributed by atoms with van der Waals surface area (Å²) in [6.07, 6.45) is 6.44. The molecule has 0 unspecified atom stereocenters. The van der Waals surface area contributed by atoms with Gasteiger partial charge in [-0.05, 0) is 97.2 Å². The lowest BCUT2D eigenvalue weighted by Crippen LogP contribution is -2.44. The molecule has 1 N–H and O–H groups in total. The number of anilines is 2. The van der Waals surface area contributed by atoms with E-state index in [0.29, 0.717) is 18.8 Å². The third-order valence-corrected chi connectivity index (χ3v) is 11.0. The Kier molecular flexibility index (Phi) is 7.74. The predicted molar refractivity (Wildman–Crippen MR) is 165 cm³/mol. The van der Waals surface area contributed by atoms with Crippen LogP contribution in [0.2, 0.25) is 0 Å². The van der Waals surface area contributed by atoms with E-state index >= 15 is 0 Å². The van der Waals surface area contributed by atoms with E-state index in [0.717, 1.165) is 55.5 Å². The van der Waals surface area contributed by atoms with Gasteiger partial charge in [-0.2, -0.15) is 0 Å². The summed E-state index contributed by atoms with van der Waals surface area (Å²) < 4.78 is 66.9. The summed E-state index contributed by atoms with van der Waals surface area (Å²) in [5, 5.41) is 0. The van der Waals surface area contributed by atoms with Crippen LogP contribution in [0.15, 0.2) is 101 Å². The Morgan fingerprint density at radius 2 is 1.53 bits per heavy atom. The van der Waals surface area contributed by atoms with E-state index in [1.165, 1.54) is 29.8 Å². The van der Waals surface area contributed by atoms with Crippen LogP contribution in [0.1, 0.15) is 29.5 Å². The third kappa shape index (κ3) is 6.15. The highest BCUT2D eigenvalue weighted by Gasteiger charge is 2.44. The summed E-state index contributed by atoms with van der Waals surface area (Å²) in [6.45, 7) is 3.70. The van der Waals surface area contributed by atoms with E-state index in [-0.39, 0.29) is 21.0 Å². The van der Waals surface area contributed by atoms with Gasteiger partial charge in [-0.3, -0.25) is 14.6 Å². The second kappa shape index (κ2) is 11.4. The van der Waals surface area contributed by atoms with Gasteiger partial charge < -0.3 is 4.90 Å². The normalized spacial score (nSPS) is 16.7. The minimum Gasteiger partial charge on any atom is -0.366 e. The van der Waals surface area contributed by atoms with E-state index in [1.807, 2.05) is 30.3 Å². The molecule has 224 valence electrons. The first-order chi connectivity index (χ1) is 20.5. The molecule has 1 spiro atoms. The molecule has 3 aromatic carbocycles. The average molecular weight is 621 g/mol. The van der Waals surface area contributed by atoms with Crippen molar-refractivity contribution in [2.75, 3.05) is 35.5 Å². The van der Waals surface area contributed by atoms with Crippen molar-refractivity contribution in [3.8, 4) is 0 Å². The number of hydrogen-bond acceptors (Lipinski definition) is 7. The van der Waals surface area contributed by atoms with Crippen LogP contribution in [0.25, 0.3) is 0 Å². The molecule has 11 heteroatoms. The maximum Gasteiger partial charge on any atom is 0.261 e. The van der Waals surface area contributed by atoms with Crippen molar-refractivity contribution in [1.29, 1.82) is 0 Å². The summed E-state index contributed by atoms with van der Waals surface area (Å²) in [5.74, 6) is -0.238. The lowest BCUT2D eigenvalue weighted by Gasteiger charge is -2.40. The Balaban J connectivity index is 1.16. The third-order valence-electron chi connectivity index (χ3n) is 8.52. The van der Waals surface area contributed by atoms with E-state index < -0.39 is 19.9 Å². The lowest BCUT2D eigenvalue weighted by molar-refractivity contribution is 0.160. The molecule has 8 nitrogen and oxygen atoms in total. The molecular weight excluding hydrogens is 588 g/mol. The van der Waals surface area contributed by atoms with Gasteiger partial charge in [-0.25, -0.2) is 21.2 Å². The summed E-state index contributed by atoms with van der Waals surface area (Å²) in [7, 11) is -7.36. The van der Waals surface area contributed by atoms with Gasteiger partial charge >= 0.3 is 0 Å². The smallest absolute Gasteiger partial charge is 0.261 e. The number of pyridine rings is 1. The number of sulfonamides is 1. The van der Waals surface area contributed by atoms with Crippen LogP contribution in [0.4, 0.5) is 15.8 Å². The highest BCUT2D eigenvalue weighted by atomic mass is 32.2. The number of halogens is 1. The molecule has 0 aliphatic carbocycles. The van der Waals surface area contributed by atoms with Gasteiger partial charge in [-0.15, -0.1) is 0 Å². The second-order valence-electron chi connectivity index (χ2n) is 11.4. The molecule has 6 rings (SSSR count). The number of likely N-dealkylation sites (tertiary alicyclic amines) is 1. The average Bonchev–Trinajstić information content (AvgIpc) is 3.26. The number of nitrogens with zero attached hydrogens (tertiary/aromatic N) is 3. The van der Waals surface area contributed by atoms with Crippen LogP contribution < -0.4 is 9.62 Å². The summed E-state index contributed by atoms with van der Waals surface area (Å²) in [6, 6.07) is 21.6. The fourth-order valence-electron chi connectivity index (χ4n) is 6.24. The highest BCUT2D eigenvalue weighted by Crippen LogP contribution is 2.48. The molecule has 4 aromatic rings. The Hall–Kier alpha value is -3.80. The largest absolute Gasteiger partial charge is 0.366 e. The zero-order chi connectivity index (χ0) is 30.2. The predicted octanol–water partition coefficient (Wildman–Crippen LogP) is 4.98. The molecule has 43 heavy (non-hydrogen) atoms. The van der Waals surface area contributed by atoms with E-state index in [4.69, 9.17) is 0 Å². The number of hydrogen-bond donors (Lipinski definition) is 1. The van der Waals surface area contributed by atoms with Gasteiger partial charge in [0.25, 0.3) is 10.0 Å². The van der Waals surface area contributed by atoms with Gasteiger partial charge in [0.2, 0.25) is 0 Å². The fraction of sp³-hybridized carbons (Fsp3) is 0.281. The van der Waals surface area contributed by atoms with Crippen molar-refractivity contribution in [3.63, 3.8) is 0 Å². The number of piperidine rings is 1. The number of benzene rings is 3. The Morgan fingerprint density at radius 3 is 2.23 bits per heavy atom. The molecule has 0 radical (unpaired) electrons. The lowest BCUT2D eigenvalue weighted by atomic mass is 9.74. The quantitative estimate of drug-likeness (QED) is 0.297. The number of fused-ring (bicyclic) bond motifs is 2. The summed E-state index contributed by atoms with van der Waals surface area (Å²) in [4.78, 5) is 8.76. The van der Waals surface area contributed by atoms with E-state index in [2.05, 4.69) is 19.5 Å². The topological polar surface area (TPSA) is 99.7 Å². The van der Waals surface area contributed by atoms with Crippen molar-refractivity contribution >= 4 is 31.2 Å². The van der Waals surface area contributed by atoms with Crippen molar-refractivity contribution in [1.82, 2.24) is 9.88 Å². The van der Waals surface area contributed by atoms with E-state index in [9.17, 15) is 21.2 Å². The molecule has 3 heterocycles. The first-order valence-electron chi connectivity index (χ1n) is 14.1. The molecule has 0 bridgehead atoms. The second-order valence-corrected chi connectivity index (χ2v) is 15.1. The molecule has 1 aromatic heterocycles. The van der Waals surface area contributed by atoms with Gasteiger partial charge in [0.1, 0.15) is 5.82 Å². The monoisotopic (exact) mass is 620 g/mol. The first-order valence-corrected chi connectivity index (χ1v) is 17.5. The SMILES string of the molecule is CS(=O)(=O)c1ccc(S(=O)(=O)Nc2ccccc2CN2CCC3(CC2)CN(Cc2ccncc2)c2cc(F)ccc23)cc1. The standard InChI is InChI=1S/C32H33FN4O4S2/c1-42(38,39)27-7-9-28(10-8-27)43(40,41)35-30-5-3-2-4-25(30)22-36-18-14-32(15-19-36)23-37(21-24-12-16-34-17-13-24)31-20-26(33)6-11-29(31)32/h2-13,16-17,20,35H,14-15,18-19,21-23H2,1H3. The zero-order valence-corrected chi connectivity index (χ0v) is 25.4. The van der Waals surface area contributed by atoms with Gasteiger partial charge in [0.15, 0.2) is 9.84 Å². The molecule has 0 saturated carbocycles. The molecule has 0 amide bonds. The number of nitrogens with one attached hydrogen (secondary N) is 1. The molecule has 2 aliphatic rings. The Bertz CT molecular complexity index is 1840. The number of para-hydroxylation sites is 1. The minimum atomic E-state index is -3.93. The van der Waals surface area contributed by atoms with Crippen LogP contribution in [0.3, 0.4) is 0 Å². The van der Waals surface area contributed by atoms with Crippen LogP contribution >= 0.6 is 0 Å². The molecule has 1 fully saturated rings. The summed E-state index contributed by atoms with van der Waals surface area (Å²) in [5.41, 5.74) is 4.53. The maximum atomic E-state index is 14.3. The minimum absolute atomic E-state index is 0.0118. The van der Waals surface area contributed by atoms with Gasteiger partial charge in [-0.1, -0.05) is 24.3 Å². The van der Waals surface area contributed by atoms with Crippen LogP contribution in [-0.4, -0.2) is 52.6 Å². The Morgan fingerprint density at radius 1 is 0.860 bits per heavy atom. The number of sulfone groups is 1. The van der Waals surface area contributed by atoms with Crippen molar-refractivity contribution in [2.24, 2.45) is 0 Å². The molecule has 2 aliphatic heterocycles. The number of aromatic nitrogens is 1. The van der Waals surface area contributed by atoms with Gasteiger partial charge in [0.05, 0.1) is 15.5 Å². The van der Waals surface area contributed by atoms with Crippen LogP contribution in [-0.2, 0) is 38.4 Å². The van der Waals surface area contributed by atoms with Crippen molar-refractivity contribution in [2.45, 2.75) is 41.1 Å². The first kappa shape index (κ1) is 29.3. The molecular formula is C32H33FN4O4S2. The molecule has 1 saturated heterocycles.